The second-order valence-electron chi connectivity index (χ2n) is 6.92. The molecule has 1 heterocycles. The first kappa shape index (κ1) is 21.3. The van der Waals surface area contributed by atoms with Gasteiger partial charge in [0.1, 0.15) is 23.4 Å². The van der Waals surface area contributed by atoms with Gasteiger partial charge in [0.2, 0.25) is 5.91 Å². The van der Waals surface area contributed by atoms with Gasteiger partial charge in [0.15, 0.2) is 0 Å². The van der Waals surface area contributed by atoms with Gasteiger partial charge in [-0.2, -0.15) is 5.26 Å². The van der Waals surface area contributed by atoms with Crippen molar-refractivity contribution in [2.45, 2.75) is 6.04 Å². The molecule has 1 atom stereocenters. The van der Waals surface area contributed by atoms with Crippen LogP contribution in [-0.4, -0.2) is 56.1 Å². The van der Waals surface area contributed by atoms with Crippen LogP contribution in [-0.2, 0) is 4.79 Å². The van der Waals surface area contributed by atoms with Crippen molar-refractivity contribution < 1.29 is 18.7 Å². The summed E-state index contributed by atoms with van der Waals surface area (Å²) >= 11 is 0. The van der Waals surface area contributed by atoms with Crippen molar-refractivity contribution in [3.8, 4) is 17.6 Å². The number of carbonyl (C=O) groups excluding carboxylic acids is 1. The number of nitriles is 1. The van der Waals surface area contributed by atoms with E-state index >= 15 is 0 Å². The standard InChI is InChI=1S/C23H24FN3O3/c1-29-20-13-17(14-21(15-20)30-2)3-8-23(28)27-11-9-26(10-12-27)22(16-25)18-4-6-19(24)7-5-18/h3-8,13-15,22H,9-12H2,1-2H3/b8-3+. The molecule has 30 heavy (non-hydrogen) atoms. The van der Waals surface area contributed by atoms with Crippen LogP contribution in [0.2, 0.25) is 0 Å². The van der Waals surface area contributed by atoms with Gasteiger partial charge in [-0.25, -0.2) is 4.39 Å². The number of carbonyl (C=O) groups is 1. The van der Waals surface area contributed by atoms with E-state index in [9.17, 15) is 14.4 Å². The third kappa shape index (κ3) is 5.16. The van der Waals surface area contributed by atoms with Gasteiger partial charge in [0, 0.05) is 38.3 Å². The highest BCUT2D eigenvalue weighted by atomic mass is 19.1. The average molecular weight is 409 g/mol. The highest BCUT2D eigenvalue weighted by molar-refractivity contribution is 5.92. The predicted molar refractivity (Wildman–Crippen MR) is 111 cm³/mol. The molecule has 1 aliphatic heterocycles. The molecule has 3 rings (SSSR count). The number of methoxy groups -OCH3 is 2. The largest absolute Gasteiger partial charge is 0.497 e. The van der Waals surface area contributed by atoms with Gasteiger partial charge in [0.25, 0.3) is 0 Å². The maximum absolute atomic E-state index is 13.2. The van der Waals surface area contributed by atoms with Crippen LogP contribution in [0.25, 0.3) is 6.08 Å². The molecular weight excluding hydrogens is 385 g/mol. The Labute approximate surface area is 175 Å². The fourth-order valence-electron chi connectivity index (χ4n) is 3.41. The Hall–Kier alpha value is -3.37. The molecule has 1 amide bonds. The number of hydrogen-bond acceptors (Lipinski definition) is 5. The van der Waals surface area contributed by atoms with Gasteiger partial charge in [-0.3, -0.25) is 9.69 Å². The van der Waals surface area contributed by atoms with Crippen LogP contribution >= 0.6 is 0 Å². The Morgan fingerprint density at radius 1 is 1.07 bits per heavy atom. The third-order valence-electron chi connectivity index (χ3n) is 5.09. The van der Waals surface area contributed by atoms with Crippen molar-refractivity contribution >= 4 is 12.0 Å². The van der Waals surface area contributed by atoms with Crippen LogP contribution < -0.4 is 9.47 Å². The molecule has 0 aliphatic carbocycles. The predicted octanol–water partition coefficient (Wildman–Crippen LogP) is 3.27. The van der Waals surface area contributed by atoms with Crippen LogP contribution in [0, 0.1) is 17.1 Å². The van der Waals surface area contributed by atoms with Crippen molar-refractivity contribution in [1.82, 2.24) is 9.80 Å². The molecule has 2 aromatic carbocycles. The van der Waals surface area contributed by atoms with Gasteiger partial charge in [-0.1, -0.05) is 12.1 Å². The molecule has 1 unspecified atom stereocenters. The SMILES string of the molecule is COc1cc(/C=C/C(=O)N2CCN(C(C#N)c3ccc(F)cc3)CC2)cc(OC)c1. The fourth-order valence-corrected chi connectivity index (χ4v) is 3.41. The molecule has 0 saturated carbocycles. The van der Waals surface area contributed by atoms with Crippen molar-refractivity contribution in [3.63, 3.8) is 0 Å². The Balaban J connectivity index is 1.60. The highest BCUT2D eigenvalue weighted by Crippen LogP contribution is 2.24. The zero-order chi connectivity index (χ0) is 21.5. The minimum Gasteiger partial charge on any atom is -0.497 e. The number of halogens is 1. The summed E-state index contributed by atoms with van der Waals surface area (Å²) in [4.78, 5) is 16.3. The summed E-state index contributed by atoms with van der Waals surface area (Å²) in [6, 6.07) is 13.2. The topological polar surface area (TPSA) is 65.8 Å². The molecule has 0 spiro atoms. The lowest BCUT2D eigenvalue weighted by atomic mass is 10.1. The zero-order valence-electron chi connectivity index (χ0n) is 17.0. The Morgan fingerprint density at radius 2 is 1.67 bits per heavy atom. The molecular formula is C23H24FN3O3. The number of nitrogens with zero attached hydrogens (tertiary/aromatic N) is 3. The highest BCUT2D eigenvalue weighted by Gasteiger charge is 2.26. The zero-order valence-corrected chi connectivity index (χ0v) is 17.0. The summed E-state index contributed by atoms with van der Waals surface area (Å²) in [5.74, 6) is 0.884. The van der Waals surface area contributed by atoms with Crippen LogP contribution in [0.3, 0.4) is 0 Å². The van der Waals surface area contributed by atoms with E-state index in [1.807, 2.05) is 17.0 Å². The van der Waals surface area contributed by atoms with Crippen molar-refractivity contribution in [2.24, 2.45) is 0 Å². The molecule has 2 aromatic rings. The van der Waals surface area contributed by atoms with Crippen LogP contribution in [0.4, 0.5) is 4.39 Å². The number of benzene rings is 2. The van der Waals surface area contributed by atoms with E-state index in [4.69, 9.17) is 9.47 Å². The number of piperazine rings is 1. The first-order valence-electron chi connectivity index (χ1n) is 9.63. The molecule has 1 aliphatic rings. The van der Waals surface area contributed by atoms with Crippen molar-refractivity contribution in [2.75, 3.05) is 40.4 Å². The van der Waals surface area contributed by atoms with E-state index in [-0.39, 0.29) is 11.7 Å². The van der Waals surface area contributed by atoms with Crippen LogP contribution in [0.5, 0.6) is 11.5 Å². The van der Waals surface area contributed by atoms with Crippen molar-refractivity contribution in [1.29, 1.82) is 5.26 Å². The van der Waals surface area contributed by atoms with E-state index in [1.54, 1.807) is 43.4 Å². The van der Waals surface area contributed by atoms with Gasteiger partial charge in [0.05, 0.1) is 20.3 Å². The lowest BCUT2D eigenvalue weighted by molar-refractivity contribution is -0.127. The van der Waals surface area contributed by atoms with Crippen LogP contribution in [0.15, 0.2) is 48.5 Å². The van der Waals surface area contributed by atoms with E-state index in [1.165, 1.54) is 18.2 Å². The molecule has 0 aromatic heterocycles. The van der Waals surface area contributed by atoms with Gasteiger partial charge < -0.3 is 14.4 Å². The second kappa shape index (κ2) is 9.90. The lowest BCUT2D eigenvalue weighted by Gasteiger charge is -2.36. The summed E-state index contributed by atoms with van der Waals surface area (Å²) in [5.41, 5.74) is 1.56. The number of rotatable bonds is 6. The molecule has 1 fully saturated rings. The maximum Gasteiger partial charge on any atom is 0.246 e. The molecule has 1 saturated heterocycles. The quantitative estimate of drug-likeness (QED) is 0.685. The summed E-state index contributed by atoms with van der Waals surface area (Å²) < 4.78 is 23.6. The lowest BCUT2D eigenvalue weighted by Crippen LogP contribution is -2.49. The summed E-state index contributed by atoms with van der Waals surface area (Å²) in [6.07, 6.45) is 3.27. The minimum absolute atomic E-state index is 0.0910. The van der Waals surface area contributed by atoms with Gasteiger partial charge in [-0.15, -0.1) is 0 Å². The molecule has 6 nitrogen and oxygen atoms in total. The number of ether oxygens (including phenoxy) is 2. The smallest absolute Gasteiger partial charge is 0.246 e. The van der Waals surface area contributed by atoms with Crippen LogP contribution in [0.1, 0.15) is 17.2 Å². The van der Waals surface area contributed by atoms with Gasteiger partial charge >= 0.3 is 0 Å². The Bertz CT molecular complexity index is 923. The second-order valence-corrected chi connectivity index (χ2v) is 6.92. The van der Waals surface area contributed by atoms with E-state index in [0.717, 1.165) is 11.1 Å². The molecule has 7 heteroatoms. The molecule has 0 radical (unpaired) electrons. The third-order valence-corrected chi connectivity index (χ3v) is 5.09. The first-order valence-corrected chi connectivity index (χ1v) is 9.63. The number of hydrogen-bond donors (Lipinski definition) is 0. The molecule has 0 bridgehead atoms. The van der Waals surface area contributed by atoms with Crippen molar-refractivity contribution in [3.05, 3.63) is 65.5 Å². The first-order chi connectivity index (χ1) is 14.5. The maximum atomic E-state index is 13.2. The minimum atomic E-state index is -0.456. The van der Waals surface area contributed by atoms with Gasteiger partial charge in [-0.05, 0) is 41.5 Å². The summed E-state index contributed by atoms with van der Waals surface area (Å²) in [6.45, 7) is 2.18. The van der Waals surface area contributed by atoms with E-state index < -0.39 is 6.04 Å². The summed E-state index contributed by atoms with van der Waals surface area (Å²) in [5, 5.41) is 9.57. The fraction of sp³-hybridized carbons (Fsp3) is 0.304. The molecule has 0 N–H and O–H groups in total. The number of amides is 1. The monoisotopic (exact) mass is 409 g/mol. The summed E-state index contributed by atoms with van der Waals surface area (Å²) in [7, 11) is 3.15. The normalized spacial score (nSPS) is 15.6. The average Bonchev–Trinajstić information content (AvgIpc) is 2.79. The Morgan fingerprint density at radius 3 is 2.20 bits per heavy atom. The van der Waals surface area contributed by atoms with E-state index in [2.05, 4.69) is 6.07 Å². The molecule has 156 valence electrons. The van der Waals surface area contributed by atoms with E-state index in [0.29, 0.717) is 37.7 Å². The Kier molecular flexibility index (Phi) is 7.04.